The van der Waals surface area contributed by atoms with Gasteiger partial charge in [-0.1, -0.05) is 13.3 Å². The van der Waals surface area contributed by atoms with Gasteiger partial charge in [0.1, 0.15) is 4.90 Å². The van der Waals surface area contributed by atoms with Crippen LogP contribution in [0.2, 0.25) is 0 Å². The standard InChI is InChI=1S/C15H23N3O4S/c1-3-4-9-16(2)14-8-7-13(18(19)20)12-15(14)23(21,22)17-10-5-6-11-17/h7-8,12H,3-6,9-11H2,1-2H3. The Morgan fingerprint density at radius 1 is 1.30 bits per heavy atom. The number of hydrogen-bond acceptors (Lipinski definition) is 5. The first kappa shape index (κ1) is 17.7. The Balaban J connectivity index is 2.48. The van der Waals surface area contributed by atoms with Gasteiger partial charge in [-0.05, 0) is 25.3 Å². The Hall–Kier alpha value is -1.67. The van der Waals surface area contributed by atoms with Crippen molar-refractivity contribution in [2.24, 2.45) is 0 Å². The zero-order valence-corrected chi connectivity index (χ0v) is 14.4. The number of nitrogens with zero attached hydrogens (tertiary/aromatic N) is 3. The Bertz CT molecular complexity index is 669. The van der Waals surface area contributed by atoms with Crippen molar-refractivity contribution in [3.8, 4) is 0 Å². The van der Waals surface area contributed by atoms with Gasteiger partial charge in [-0.25, -0.2) is 8.42 Å². The predicted molar refractivity (Wildman–Crippen MR) is 89.3 cm³/mol. The smallest absolute Gasteiger partial charge is 0.270 e. The highest BCUT2D eigenvalue weighted by Crippen LogP contribution is 2.32. The van der Waals surface area contributed by atoms with Gasteiger partial charge in [0.25, 0.3) is 5.69 Å². The minimum absolute atomic E-state index is 0.0344. The molecule has 8 heteroatoms. The fraction of sp³-hybridized carbons (Fsp3) is 0.600. The van der Waals surface area contributed by atoms with Gasteiger partial charge < -0.3 is 4.90 Å². The summed E-state index contributed by atoms with van der Waals surface area (Å²) in [5.41, 5.74) is 0.325. The van der Waals surface area contributed by atoms with Gasteiger partial charge >= 0.3 is 0 Å². The minimum Gasteiger partial charge on any atom is -0.373 e. The van der Waals surface area contributed by atoms with E-state index in [0.717, 1.165) is 25.7 Å². The van der Waals surface area contributed by atoms with E-state index in [1.807, 2.05) is 11.9 Å². The van der Waals surface area contributed by atoms with Gasteiger partial charge in [0, 0.05) is 38.8 Å². The molecular weight excluding hydrogens is 318 g/mol. The molecule has 0 radical (unpaired) electrons. The summed E-state index contributed by atoms with van der Waals surface area (Å²) in [6.45, 7) is 3.72. The molecular formula is C15H23N3O4S. The number of nitro groups is 1. The van der Waals surface area contributed by atoms with Crippen molar-refractivity contribution in [3.63, 3.8) is 0 Å². The second kappa shape index (κ2) is 7.27. The third-order valence-electron chi connectivity index (χ3n) is 4.10. The molecule has 0 spiro atoms. The van der Waals surface area contributed by atoms with E-state index in [1.54, 1.807) is 0 Å². The minimum atomic E-state index is -3.71. The van der Waals surface area contributed by atoms with Crippen molar-refractivity contribution in [2.75, 3.05) is 31.6 Å². The Labute approximate surface area is 137 Å². The molecule has 0 aromatic heterocycles. The molecule has 1 aromatic rings. The Morgan fingerprint density at radius 3 is 2.52 bits per heavy atom. The highest BCUT2D eigenvalue weighted by molar-refractivity contribution is 7.89. The van der Waals surface area contributed by atoms with Crippen LogP contribution < -0.4 is 4.90 Å². The van der Waals surface area contributed by atoms with Crippen LogP contribution in [-0.2, 0) is 10.0 Å². The summed E-state index contributed by atoms with van der Waals surface area (Å²) in [5, 5.41) is 11.0. The zero-order valence-electron chi connectivity index (χ0n) is 13.6. The van der Waals surface area contributed by atoms with E-state index >= 15 is 0 Å². The lowest BCUT2D eigenvalue weighted by atomic mass is 10.2. The molecule has 0 aliphatic carbocycles. The van der Waals surface area contributed by atoms with Crippen LogP contribution in [-0.4, -0.2) is 44.3 Å². The molecule has 0 saturated carbocycles. The molecule has 0 N–H and O–H groups in total. The molecule has 2 rings (SSSR count). The quantitative estimate of drug-likeness (QED) is 0.562. The van der Waals surface area contributed by atoms with Crippen LogP contribution in [0.15, 0.2) is 23.1 Å². The monoisotopic (exact) mass is 341 g/mol. The third-order valence-corrected chi connectivity index (χ3v) is 6.02. The highest BCUT2D eigenvalue weighted by Gasteiger charge is 2.31. The van der Waals surface area contributed by atoms with E-state index in [4.69, 9.17) is 0 Å². The molecule has 1 aliphatic rings. The van der Waals surface area contributed by atoms with Crippen LogP contribution in [0, 0.1) is 10.1 Å². The number of rotatable bonds is 7. The average molecular weight is 341 g/mol. The maximum absolute atomic E-state index is 12.9. The Morgan fingerprint density at radius 2 is 1.96 bits per heavy atom. The maximum atomic E-state index is 12.9. The molecule has 1 saturated heterocycles. The summed E-state index contributed by atoms with van der Waals surface area (Å²) < 4.78 is 27.2. The fourth-order valence-electron chi connectivity index (χ4n) is 2.72. The van der Waals surface area contributed by atoms with E-state index < -0.39 is 14.9 Å². The normalized spacial score (nSPS) is 15.7. The van der Waals surface area contributed by atoms with Gasteiger partial charge in [-0.15, -0.1) is 0 Å². The summed E-state index contributed by atoms with van der Waals surface area (Å²) in [4.78, 5) is 12.4. The van der Waals surface area contributed by atoms with Crippen LogP contribution in [0.5, 0.6) is 0 Å². The first-order valence-electron chi connectivity index (χ1n) is 7.87. The molecule has 0 atom stereocenters. The second-order valence-electron chi connectivity index (χ2n) is 5.80. The molecule has 0 bridgehead atoms. The Kier molecular flexibility index (Phi) is 5.59. The second-order valence-corrected chi connectivity index (χ2v) is 7.70. The maximum Gasteiger partial charge on any atom is 0.270 e. The first-order chi connectivity index (χ1) is 10.9. The molecule has 23 heavy (non-hydrogen) atoms. The van der Waals surface area contributed by atoms with Crippen molar-refractivity contribution in [2.45, 2.75) is 37.5 Å². The van der Waals surface area contributed by atoms with E-state index in [2.05, 4.69) is 6.92 Å². The summed E-state index contributed by atoms with van der Waals surface area (Å²) in [7, 11) is -1.89. The number of sulfonamides is 1. The molecule has 0 unspecified atom stereocenters. The molecule has 1 aliphatic heterocycles. The number of anilines is 1. The van der Waals surface area contributed by atoms with Gasteiger partial charge in [0.05, 0.1) is 10.6 Å². The van der Waals surface area contributed by atoms with Crippen LogP contribution in [0.1, 0.15) is 32.6 Å². The highest BCUT2D eigenvalue weighted by atomic mass is 32.2. The van der Waals surface area contributed by atoms with E-state index in [1.165, 1.54) is 22.5 Å². The number of unbranched alkanes of at least 4 members (excludes halogenated alkanes) is 1. The number of benzene rings is 1. The number of nitro benzene ring substituents is 1. The van der Waals surface area contributed by atoms with Crippen molar-refractivity contribution in [1.29, 1.82) is 0 Å². The lowest BCUT2D eigenvalue weighted by Crippen LogP contribution is -2.30. The number of non-ortho nitro benzene ring substituents is 1. The van der Waals surface area contributed by atoms with Crippen molar-refractivity contribution in [1.82, 2.24) is 4.31 Å². The van der Waals surface area contributed by atoms with Crippen molar-refractivity contribution < 1.29 is 13.3 Å². The molecule has 1 heterocycles. The SMILES string of the molecule is CCCCN(C)c1ccc([N+](=O)[O-])cc1S(=O)(=O)N1CCCC1. The van der Waals surface area contributed by atoms with Crippen LogP contribution in [0.4, 0.5) is 11.4 Å². The topological polar surface area (TPSA) is 83.8 Å². The summed E-state index contributed by atoms with van der Waals surface area (Å²) >= 11 is 0. The van der Waals surface area contributed by atoms with Crippen LogP contribution >= 0.6 is 0 Å². The van der Waals surface area contributed by atoms with Crippen molar-refractivity contribution in [3.05, 3.63) is 28.3 Å². The van der Waals surface area contributed by atoms with Crippen LogP contribution in [0.3, 0.4) is 0 Å². The van der Waals surface area contributed by atoms with Gasteiger partial charge in [0.2, 0.25) is 10.0 Å². The fourth-order valence-corrected chi connectivity index (χ4v) is 4.50. The molecule has 128 valence electrons. The lowest BCUT2D eigenvalue weighted by Gasteiger charge is -2.24. The van der Waals surface area contributed by atoms with E-state index in [-0.39, 0.29) is 10.6 Å². The van der Waals surface area contributed by atoms with Crippen LogP contribution in [0.25, 0.3) is 0 Å². The molecule has 1 fully saturated rings. The average Bonchev–Trinajstić information content (AvgIpc) is 3.07. The number of hydrogen-bond donors (Lipinski definition) is 0. The summed E-state index contributed by atoms with van der Waals surface area (Å²) in [5.74, 6) is 0. The van der Waals surface area contributed by atoms with Gasteiger partial charge in [0.15, 0.2) is 0 Å². The van der Waals surface area contributed by atoms with Crippen molar-refractivity contribution >= 4 is 21.4 Å². The van der Waals surface area contributed by atoms with Gasteiger partial charge in [-0.2, -0.15) is 4.31 Å². The summed E-state index contributed by atoms with van der Waals surface area (Å²) in [6.07, 6.45) is 3.58. The van der Waals surface area contributed by atoms with E-state index in [9.17, 15) is 18.5 Å². The summed E-state index contributed by atoms with van der Waals surface area (Å²) in [6, 6.07) is 4.09. The third kappa shape index (κ3) is 3.81. The molecule has 0 amide bonds. The van der Waals surface area contributed by atoms with E-state index in [0.29, 0.717) is 25.3 Å². The lowest BCUT2D eigenvalue weighted by molar-refractivity contribution is -0.385. The van der Waals surface area contributed by atoms with Gasteiger partial charge in [-0.3, -0.25) is 10.1 Å². The molecule has 7 nitrogen and oxygen atoms in total. The predicted octanol–water partition coefficient (Wildman–Crippen LogP) is 2.62. The first-order valence-corrected chi connectivity index (χ1v) is 9.31. The molecule has 1 aromatic carbocycles. The zero-order chi connectivity index (χ0) is 17.0. The largest absolute Gasteiger partial charge is 0.373 e.